The van der Waals surface area contributed by atoms with Gasteiger partial charge in [0.15, 0.2) is 17.3 Å². The number of rotatable bonds is 28. The summed E-state index contributed by atoms with van der Waals surface area (Å²) in [5.41, 5.74) is 6.12. The molecule has 0 radical (unpaired) electrons. The van der Waals surface area contributed by atoms with Crippen molar-refractivity contribution in [1.29, 1.82) is 0 Å². The molecule has 10 aromatic rings. The Labute approximate surface area is 664 Å². The Bertz CT molecular complexity index is 5540. The van der Waals surface area contributed by atoms with Crippen LogP contribution in [0.3, 0.4) is 0 Å². The number of carbonyl (C=O) groups is 7. The molecule has 6 N–H and O–H groups in total. The van der Waals surface area contributed by atoms with Crippen molar-refractivity contribution in [1.82, 2.24) is 31.9 Å². The quantitative estimate of drug-likeness (QED) is 0.0197. The maximum Gasteiger partial charge on any atom is 0.349 e. The number of Topliss-reactive ketones (excluding diaryl/α,β-unsaturated/α-hetero) is 5. The van der Waals surface area contributed by atoms with Crippen LogP contribution < -0.4 is 88.9 Å². The molecule has 29 heteroatoms. The van der Waals surface area contributed by atoms with E-state index >= 15 is 0 Å². The number of anilines is 3. The molecule has 0 saturated heterocycles. The molecule has 5 aromatic carbocycles. The molecule has 0 spiro atoms. The summed E-state index contributed by atoms with van der Waals surface area (Å²) in [5.74, 6) is 0.0880. The average Bonchev–Trinajstić information content (AvgIpc) is 0.748. The number of hydrogen-bond acceptors (Lipinski definition) is 27. The second-order valence-corrected chi connectivity index (χ2v) is 27.6. The Balaban J connectivity index is 0.000000181. The van der Waals surface area contributed by atoms with Crippen LogP contribution >= 0.6 is 0 Å². The zero-order valence-corrected chi connectivity index (χ0v) is 68.0. The Morgan fingerprint density at radius 1 is 0.426 bits per heavy atom. The highest BCUT2D eigenvalue weighted by Crippen LogP contribution is 2.40. The van der Waals surface area contributed by atoms with Crippen LogP contribution in [-0.4, -0.2) is 167 Å². The molecule has 5 aromatic heterocycles. The molecule has 4 atom stereocenters. The van der Waals surface area contributed by atoms with E-state index < -0.39 is 58.1 Å². The van der Waals surface area contributed by atoms with Gasteiger partial charge in [0.05, 0.1) is 45.5 Å². The molecule has 7 heterocycles. The fourth-order valence-electron chi connectivity index (χ4n) is 13.6. The van der Waals surface area contributed by atoms with Gasteiger partial charge in [-0.1, -0.05) is 0 Å². The second kappa shape index (κ2) is 41.2. The van der Waals surface area contributed by atoms with Gasteiger partial charge in [0.2, 0.25) is 0 Å². The van der Waals surface area contributed by atoms with E-state index in [9.17, 15) is 57.5 Å². The number of amides is 2. The number of aryl methyl sites for hydroxylation is 2. The highest BCUT2D eigenvalue weighted by molar-refractivity contribution is 6.00. The van der Waals surface area contributed by atoms with Crippen LogP contribution in [0.2, 0.25) is 0 Å². The molecule has 2 amide bonds. The number of likely N-dealkylation sites (N-methyl/N-ethyl adjacent to an activating group) is 4. The van der Waals surface area contributed by atoms with Crippen molar-refractivity contribution in [3.8, 4) is 17.2 Å². The topological polar surface area (TPSA) is 380 Å². The summed E-state index contributed by atoms with van der Waals surface area (Å²) in [4.78, 5) is 149. The summed E-state index contributed by atoms with van der Waals surface area (Å²) in [6.45, 7) is 21.2. The third kappa shape index (κ3) is 22.1. The molecule has 12 rings (SSSR count). The average molecular weight is 1580 g/mol. The lowest BCUT2D eigenvalue weighted by molar-refractivity contribution is -0.119. The predicted octanol–water partition coefficient (Wildman–Crippen LogP) is 8.84. The number of nitrogens with one attached hydrogen (secondary N) is 6. The molecule has 0 aliphatic carbocycles. The molecule has 0 saturated carbocycles. The van der Waals surface area contributed by atoms with Gasteiger partial charge in [0, 0.05) is 150 Å². The SMILES string of the molecule is CCN(CC)c1ccc2cc(C(=O)NCC(NC)C(C)=O)c(=O)oc2c1.CCN(CC)c1ccc2cc(C(C)=O)c(=O)oc2c1.CNC(CNC(=O)c1cc2cc3c4c(c2oc1=O)CCCN4CCC3)C(C)=O.CNC(Cc1cc2cc(OC)c(OC)cc2oc1=O)C(C)=O.CNC(Cc1cc2ccc(OC)cc2oc1=O)C(C)=O. The summed E-state index contributed by atoms with van der Waals surface area (Å²) in [7, 11) is 11.3. The number of carbonyl (C=O) groups excluding carboxylic acids is 7. The molecule has 2 aliphatic heterocycles. The summed E-state index contributed by atoms with van der Waals surface area (Å²) in [5, 5.41) is 20.4. The van der Waals surface area contributed by atoms with Crippen molar-refractivity contribution in [2.24, 2.45) is 0 Å². The second-order valence-electron chi connectivity index (χ2n) is 27.6. The summed E-state index contributed by atoms with van der Waals surface area (Å²) >= 11 is 0. The zero-order chi connectivity index (χ0) is 84.1. The normalized spacial score (nSPS) is 13.0. The van der Waals surface area contributed by atoms with Crippen molar-refractivity contribution >= 4 is 113 Å². The van der Waals surface area contributed by atoms with Crippen molar-refractivity contribution in [2.45, 2.75) is 125 Å². The van der Waals surface area contributed by atoms with Crippen LogP contribution in [0.25, 0.3) is 54.8 Å². The van der Waals surface area contributed by atoms with Crippen molar-refractivity contribution in [3.63, 3.8) is 0 Å². The van der Waals surface area contributed by atoms with E-state index in [-0.39, 0.29) is 71.2 Å². The lowest BCUT2D eigenvalue weighted by Gasteiger charge is -2.37. The fourth-order valence-corrected chi connectivity index (χ4v) is 13.6. The Morgan fingerprint density at radius 2 is 0.826 bits per heavy atom. The highest BCUT2D eigenvalue weighted by Gasteiger charge is 2.29. The van der Waals surface area contributed by atoms with Gasteiger partial charge in [-0.25, -0.2) is 24.0 Å². The van der Waals surface area contributed by atoms with Crippen LogP contribution in [0.4, 0.5) is 17.1 Å². The van der Waals surface area contributed by atoms with Crippen LogP contribution in [0.15, 0.2) is 149 Å². The Kier molecular flexibility index (Phi) is 31.8. The summed E-state index contributed by atoms with van der Waals surface area (Å²) in [6, 6.07) is 28.4. The van der Waals surface area contributed by atoms with Crippen LogP contribution in [0, 0.1) is 0 Å². The molecule has 4 unspecified atom stereocenters. The zero-order valence-electron chi connectivity index (χ0n) is 68.0. The number of methoxy groups -OCH3 is 3. The van der Waals surface area contributed by atoms with Gasteiger partial charge in [0.25, 0.3) is 11.8 Å². The minimum absolute atomic E-state index is 0.0123. The largest absolute Gasteiger partial charge is 0.497 e. The van der Waals surface area contributed by atoms with E-state index in [0.29, 0.717) is 73.5 Å². The third-order valence-electron chi connectivity index (χ3n) is 20.2. The van der Waals surface area contributed by atoms with E-state index in [1.807, 2.05) is 36.4 Å². The monoisotopic (exact) mass is 1580 g/mol. The number of benzene rings is 5. The van der Waals surface area contributed by atoms with Gasteiger partial charge in [-0.3, -0.25) is 33.6 Å². The predicted molar refractivity (Wildman–Crippen MR) is 444 cm³/mol. The molecular formula is C86H103N9O20. The fraction of sp³-hybridized carbons (Fsp3) is 0.395. The number of ether oxygens (including phenoxy) is 3. The van der Waals surface area contributed by atoms with E-state index in [4.69, 9.17) is 36.3 Å². The third-order valence-corrected chi connectivity index (χ3v) is 20.2. The van der Waals surface area contributed by atoms with Crippen LogP contribution in [0.5, 0.6) is 17.2 Å². The molecule has 0 bridgehead atoms. The number of nitrogens with zero attached hydrogens (tertiary/aromatic N) is 3. The van der Waals surface area contributed by atoms with E-state index in [1.165, 1.54) is 66.2 Å². The summed E-state index contributed by atoms with van der Waals surface area (Å²) < 4.78 is 42.4. The van der Waals surface area contributed by atoms with Crippen molar-refractivity contribution in [2.75, 3.05) is 117 Å². The van der Waals surface area contributed by atoms with Gasteiger partial charge in [-0.05, 0) is 201 Å². The lowest BCUT2D eigenvalue weighted by Crippen LogP contribution is -2.44. The first-order chi connectivity index (χ1) is 55.0. The van der Waals surface area contributed by atoms with Gasteiger partial charge in [0.1, 0.15) is 73.5 Å². The summed E-state index contributed by atoms with van der Waals surface area (Å²) in [6.07, 6.45) is 4.62. The number of fused-ring (bicyclic) bond motifs is 6. The van der Waals surface area contributed by atoms with Crippen LogP contribution in [-0.2, 0) is 44.9 Å². The number of hydrogen-bond donors (Lipinski definition) is 6. The van der Waals surface area contributed by atoms with Crippen molar-refractivity contribution < 1.29 is 69.9 Å². The van der Waals surface area contributed by atoms with Crippen molar-refractivity contribution in [3.05, 3.63) is 194 Å². The van der Waals surface area contributed by atoms with Gasteiger partial charge < -0.3 is 82.9 Å². The highest BCUT2D eigenvalue weighted by atomic mass is 16.5. The molecule has 29 nitrogen and oxygen atoms in total. The smallest absolute Gasteiger partial charge is 0.349 e. The van der Waals surface area contributed by atoms with E-state index in [1.54, 1.807) is 89.9 Å². The lowest BCUT2D eigenvalue weighted by atomic mass is 9.90. The van der Waals surface area contributed by atoms with Crippen LogP contribution in [0.1, 0.15) is 128 Å². The minimum atomic E-state index is -0.699. The Morgan fingerprint density at radius 3 is 1.28 bits per heavy atom. The maximum atomic E-state index is 12.5. The number of ketones is 5. The van der Waals surface area contributed by atoms with E-state index in [2.05, 4.69) is 80.4 Å². The molecule has 612 valence electrons. The first-order valence-corrected chi connectivity index (χ1v) is 38.1. The maximum absolute atomic E-state index is 12.5. The molecule has 2 aliphatic rings. The van der Waals surface area contributed by atoms with Gasteiger partial charge in [-0.2, -0.15) is 0 Å². The molecular weight excluding hydrogens is 1480 g/mol. The Hall–Kier alpha value is -11.9. The first kappa shape index (κ1) is 88.6. The minimum Gasteiger partial charge on any atom is -0.497 e. The molecule has 0 fully saturated rings. The van der Waals surface area contributed by atoms with E-state index in [0.717, 1.165) is 98.0 Å². The molecule has 115 heavy (non-hydrogen) atoms. The van der Waals surface area contributed by atoms with Gasteiger partial charge in [-0.15, -0.1) is 0 Å². The van der Waals surface area contributed by atoms with Gasteiger partial charge >= 0.3 is 28.1 Å². The first-order valence-electron chi connectivity index (χ1n) is 38.1. The standard InChI is InChI=1S/C21H25N3O4.C19H25N3O4.C16H19NO5.C15H17NO4.C15H17NO3/c1-12(25)17(22-2)11-23-20(26)16-10-14-9-13-5-3-7-24-8-4-6-15(18(13)24)19(14)28-21(16)27;1-5-22(6-2)14-8-7-13-9-15(19(25)26-17(13)10-14)18(24)21-11-16(20-4)12(3)23;1-9(18)12(17-2)6-11-5-10-7-14(20-3)15(21-4)8-13(10)22-16(11)19;1-9(17)13(16-2)7-11-6-10-4-5-12(19-3)8-14(10)20-15(11)18;1-4-16(5-2)12-7-6-11-8-13(10(3)17)15(18)19-14(11)9-12/h9-10,17,22H,3-8,11H2,1-2H3,(H,23,26);7-10,16,20H,5-6,11H2,1-4H3,(H,21,24);5,7-8,12,17H,6H2,1-4H3;4-6,8,13,16H,7H2,1-3H3;6-9H,4-5H2,1-3H3.